The zero-order valence-corrected chi connectivity index (χ0v) is 12.6. The maximum absolute atomic E-state index is 11.4. The molecule has 0 aliphatic rings. The Morgan fingerprint density at radius 1 is 1.30 bits per heavy atom. The number of amides is 1. The predicted octanol–water partition coefficient (Wildman–Crippen LogP) is 3.20. The van der Waals surface area contributed by atoms with Crippen molar-refractivity contribution in [2.24, 2.45) is 0 Å². The fourth-order valence-electron chi connectivity index (χ4n) is 2.34. The predicted molar refractivity (Wildman–Crippen MR) is 81.4 cm³/mol. The van der Waals surface area contributed by atoms with Crippen LogP contribution in [-0.2, 0) is 17.9 Å². The standard InChI is InChI=1S/C16H23N3O/c1-4-5-8-11-19-15-10-7-6-9-14(15)17-16(19)12-18(3)13(2)20/h6-7,9-10H,4-5,8,11-12H2,1-3H3. The molecule has 0 N–H and O–H groups in total. The Hall–Kier alpha value is -1.84. The number of benzene rings is 1. The first kappa shape index (κ1) is 14.6. The molecule has 0 saturated carbocycles. The first-order valence-electron chi connectivity index (χ1n) is 7.29. The molecule has 0 fully saturated rings. The molecule has 0 aliphatic heterocycles. The maximum Gasteiger partial charge on any atom is 0.219 e. The second kappa shape index (κ2) is 6.55. The van der Waals surface area contributed by atoms with E-state index in [-0.39, 0.29) is 5.91 Å². The third-order valence-electron chi connectivity index (χ3n) is 3.64. The Morgan fingerprint density at radius 3 is 2.75 bits per heavy atom. The molecule has 2 aromatic rings. The van der Waals surface area contributed by atoms with Crippen LogP contribution in [0.5, 0.6) is 0 Å². The topological polar surface area (TPSA) is 38.1 Å². The molecule has 20 heavy (non-hydrogen) atoms. The molecule has 1 aromatic carbocycles. The summed E-state index contributed by atoms with van der Waals surface area (Å²) in [6.45, 7) is 5.33. The summed E-state index contributed by atoms with van der Waals surface area (Å²) in [6.07, 6.45) is 3.57. The highest BCUT2D eigenvalue weighted by Crippen LogP contribution is 2.18. The summed E-state index contributed by atoms with van der Waals surface area (Å²) in [4.78, 5) is 17.8. The molecule has 1 heterocycles. The Balaban J connectivity index is 2.30. The largest absolute Gasteiger partial charge is 0.339 e. The molecule has 4 nitrogen and oxygen atoms in total. The highest BCUT2D eigenvalue weighted by molar-refractivity contribution is 5.76. The van der Waals surface area contributed by atoms with Gasteiger partial charge in [0.1, 0.15) is 5.82 Å². The van der Waals surface area contributed by atoms with Gasteiger partial charge in [-0.05, 0) is 18.6 Å². The third kappa shape index (κ3) is 3.18. The Labute approximate surface area is 120 Å². The van der Waals surface area contributed by atoms with Gasteiger partial charge in [0.15, 0.2) is 0 Å². The van der Waals surface area contributed by atoms with Crippen LogP contribution in [0, 0.1) is 0 Å². The molecule has 0 spiro atoms. The van der Waals surface area contributed by atoms with Crippen molar-refractivity contribution in [3.63, 3.8) is 0 Å². The molecular weight excluding hydrogens is 250 g/mol. The van der Waals surface area contributed by atoms with Crippen molar-refractivity contribution < 1.29 is 4.79 Å². The van der Waals surface area contributed by atoms with E-state index in [1.165, 1.54) is 12.8 Å². The van der Waals surface area contributed by atoms with Gasteiger partial charge in [0.25, 0.3) is 0 Å². The molecular formula is C16H23N3O. The summed E-state index contributed by atoms with van der Waals surface area (Å²) in [5.41, 5.74) is 2.17. The molecule has 0 radical (unpaired) electrons. The maximum atomic E-state index is 11.4. The highest BCUT2D eigenvalue weighted by Gasteiger charge is 2.13. The number of aromatic nitrogens is 2. The molecule has 4 heteroatoms. The fraction of sp³-hybridized carbons (Fsp3) is 0.500. The number of hydrogen-bond donors (Lipinski definition) is 0. The number of fused-ring (bicyclic) bond motifs is 1. The lowest BCUT2D eigenvalue weighted by Crippen LogP contribution is -2.25. The van der Waals surface area contributed by atoms with Gasteiger partial charge in [-0.25, -0.2) is 4.98 Å². The van der Waals surface area contributed by atoms with Gasteiger partial charge < -0.3 is 9.47 Å². The number of carbonyl (C=O) groups is 1. The Bertz CT molecular complexity index is 588. The monoisotopic (exact) mass is 273 g/mol. The molecule has 0 unspecified atom stereocenters. The zero-order valence-electron chi connectivity index (χ0n) is 12.6. The molecule has 0 atom stereocenters. The second-order valence-corrected chi connectivity index (χ2v) is 5.25. The molecule has 0 saturated heterocycles. The minimum Gasteiger partial charge on any atom is -0.339 e. The number of rotatable bonds is 6. The average molecular weight is 273 g/mol. The van der Waals surface area contributed by atoms with Gasteiger partial charge in [0, 0.05) is 20.5 Å². The van der Waals surface area contributed by atoms with Crippen LogP contribution in [0.25, 0.3) is 11.0 Å². The molecule has 0 bridgehead atoms. The third-order valence-corrected chi connectivity index (χ3v) is 3.64. The van der Waals surface area contributed by atoms with E-state index >= 15 is 0 Å². The van der Waals surface area contributed by atoms with Crippen molar-refractivity contribution in [2.45, 2.75) is 46.2 Å². The van der Waals surface area contributed by atoms with Crippen molar-refractivity contribution >= 4 is 16.9 Å². The van der Waals surface area contributed by atoms with Gasteiger partial charge >= 0.3 is 0 Å². The quantitative estimate of drug-likeness (QED) is 0.758. The van der Waals surface area contributed by atoms with Gasteiger partial charge in [-0.15, -0.1) is 0 Å². The number of unbranched alkanes of at least 4 members (excludes halogenated alkanes) is 2. The van der Waals surface area contributed by atoms with Crippen molar-refractivity contribution in [1.82, 2.24) is 14.5 Å². The van der Waals surface area contributed by atoms with Crippen LogP contribution < -0.4 is 0 Å². The van der Waals surface area contributed by atoms with Gasteiger partial charge in [0.05, 0.1) is 17.6 Å². The van der Waals surface area contributed by atoms with Crippen LogP contribution in [0.3, 0.4) is 0 Å². The lowest BCUT2D eigenvalue weighted by atomic mass is 10.2. The van der Waals surface area contributed by atoms with Gasteiger partial charge in [-0.2, -0.15) is 0 Å². The Kier molecular flexibility index (Phi) is 4.77. The summed E-state index contributed by atoms with van der Waals surface area (Å²) in [5.74, 6) is 1.04. The van der Waals surface area contributed by atoms with Gasteiger partial charge in [0.2, 0.25) is 5.91 Å². The average Bonchev–Trinajstić information content (AvgIpc) is 2.77. The first-order valence-corrected chi connectivity index (χ1v) is 7.29. The lowest BCUT2D eigenvalue weighted by molar-refractivity contribution is -0.128. The fourth-order valence-corrected chi connectivity index (χ4v) is 2.34. The summed E-state index contributed by atoms with van der Waals surface area (Å²) in [5, 5.41) is 0. The van der Waals surface area contributed by atoms with Crippen molar-refractivity contribution in [3.8, 4) is 0 Å². The van der Waals surface area contributed by atoms with E-state index in [2.05, 4.69) is 22.5 Å². The first-order chi connectivity index (χ1) is 9.63. The van der Waals surface area contributed by atoms with Crippen LogP contribution in [0.1, 0.15) is 38.9 Å². The number of aryl methyl sites for hydroxylation is 1. The summed E-state index contributed by atoms with van der Waals surface area (Å²) < 4.78 is 2.25. The van der Waals surface area contributed by atoms with Crippen LogP contribution in [0.15, 0.2) is 24.3 Å². The SMILES string of the molecule is CCCCCn1c(CN(C)C(C)=O)nc2ccccc21. The van der Waals surface area contributed by atoms with Crippen LogP contribution in [0.2, 0.25) is 0 Å². The highest BCUT2D eigenvalue weighted by atomic mass is 16.2. The van der Waals surface area contributed by atoms with Crippen LogP contribution in [0.4, 0.5) is 0 Å². The van der Waals surface area contributed by atoms with E-state index in [0.29, 0.717) is 6.54 Å². The zero-order chi connectivity index (χ0) is 14.5. The molecule has 1 aromatic heterocycles. The van der Waals surface area contributed by atoms with Crippen LogP contribution in [-0.4, -0.2) is 27.4 Å². The number of carbonyl (C=O) groups excluding carboxylic acids is 1. The second-order valence-electron chi connectivity index (χ2n) is 5.25. The van der Waals surface area contributed by atoms with E-state index in [4.69, 9.17) is 0 Å². The van der Waals surface area contributed by atoms with Crippen molar-refractivity contribution in [2.75, 3.05) is 7.05 Å². The normalized spacial score (nSPS) is 10.9. The van der Waals surface area contributed by atoms with E-state index in [9.17, 15) is 4.79 Å². The minimum atomic E-state index is 0.0668. The Morgan fingerprint density at radius 2 is 2.05 bits per heavy atom. The molecule has 0 aliphatic carbocycles. The summed E-state index contributed by atoms with van der Waals surface area (Å²) in [6, 6.07) is 8.18. The van der Waals surface area contributed by atoms with Crippen molar-refractivity contribution in [3.05, 3.63) is 30.1 Å². The minimum absolute atomic E-state index is 0.0668. The number of nitrogens with zero attached hydrogens (tertiary/aromatic N) is 3. The lowest BCUT2D eigenvalue weighted by Gasteiger charge is -2.16. The van der Waals surface area contributed by atoms with Gasteiger partial charge in [-0.1, -0.05) is 31.9 Å². The molecule has 1 amide bonds. The number of hydrogen-bond acceptors (Lipinski definition) is 2. The molecule has 108 valence electrons. The van der Waals surface area contributed by atoms with Gasteiger partial charge in [-0.3, -0.25) is 4.79 Å². The number of imidazole rings is 1. The smallest absolute Gasteiger partial charge is 0.219 e. The van der Waals surface area contributed by atoms with E-state index in [1.807, 2.05) is 25.2 Å². The van der Waals surface area contributed by atoms with Crippen LogP contribution >= 0.6 is 0 Å². The molecule has 2 rings (SSSR count). The number of para-hydroxylation sites is 2. The van der Waals surface area contributed by atoms with E-state index < -0.39 is 0 Å². The summed E-state index contributed by atoms with van der Waals surface area (Å²) >= 11 is 0. The van der Waals surface area contributed by atoms with Crippen molar-refractivity contribution in [1.29, 1.82) is 0 Å². The summed E-state index contributed by atoms with van der Waals surface area (Å²) in [7, 11) is 1.82. The van der Waals surface area contributed by atoms with E-state index in [1.54, 1.807) is 11.8 Å². The van der Waals surface area contributed by atoms with E-state index in [0.717, 1.165) is 29.8 Å².